The van der Waals surface area contributed by atoms with Gasteiger partial charge in [-0.15, -0.1) is 5.10 Å². The third-order valence-corrected chi connectivity index (χ3v) is 1.95. The number of hydrogen-bond acceptors (Lipinski definition) is 6. The van der Waals surface area contributed by atoms with Crippen molar-refractivity contribution in [1.29, 1.82) is 0 Å². The molecule has 0 amide bonds. The van der Waals surface area contributed by atoms with Gasteiger partial charge in [-0.2, -0.15) is 0 Å². The second-order valence-electron chi connectivity index (χ2n) is 3.80. The Balaban J connectivity index is 1.85. The molecule has 1 rings (SSSR count). The number of rotatable bonds is 10. The molecule has 18 heavy (non-hydrogen) atoms. The molecule has 0 unspecified atom stereocenters. The zero-order chi connectivity index (χ0) is 13.2. The largest absolute Gasteiger partial charge is 0.377 e. The van der Waals surface area contributed by atoms with Crippen molar-refractivity contribution in [1.82, 2.24) is 15.0 Å². The molecule has 1 aromatic heterocycles. The minimum Gasteiger partial charge on any atom is -0.377 e. The molecule has 0 fully saturated rings. The van der Waals surface area contributed by atoms with Crippen molar-refractivity contribution >= 4 is 5.78 Å². The monoisotopic (exact) mass is 257 g/mol. The van der Waals surface area contributed by atoms with Crippen LogP contribution in [0.25, 0.3) is 0 Å². The van der Waals surface area contributed by atoms with E-state index in [1.54, 1.807) is 17.9 Å². The number of carbonyl (C=O) groups excluding carboxylic acids is 1. The van der Waals surface area contributed by atoms with Crippen molar-refractivity contribution in [2.75, 3.05) is 33.0 Å². The SMILES string of the molecule is CC(=O)COCCOCCOCc1cn(C)nn1. The highest BCUT2D eigenvalue weighted by atomic mass is 16.5. The van der Waals surface area contributed by atoms with E-state index in [0.717, 1.165) is 5.69 Å². The Bertz CT molecular complexity index is 354. The van der Waals surface area contributed by atoms with Crippen LogP contribution in [0.1, 0.15) is 12.6 Å². The summed E-state index contributed by atoms with van der Waals surface area (Å²) in [6.45, 7) is 3.92. The van der Waals surface area contributed by atoms with Gasteiger partial charge >= 0.3 is 0 Å². The lowest BCUT2D eigenvalue weighted by atomic mass is 10.5. The standard InChI is InChI=1S/C11H19N3O4/c1-10(15)8-17-5-3-16-4-6-18-9-11-7-14(2)13-12-11/h7H,3-6,8-9H2,1-2H3. The molecule has 1 aromatic rings. The summed E-state index contributed by atoms with van der Waals surface area (Å²) in [4.78, 5) is 10.6. The maximum absolute atomic E-state index is 10.6. The summed E-state index contributed by atoms with van der Waals surface area (Å²) in [5.41, 5.74) is 0.794. The van der Waals surface area contributed by atoms with E-state index < -0.39 is 0 Å². The Morgan fingerprint density at radius 1 is 1.22 bits per heavy atom. The van der Waals surface area contributed by atoms with Gasteiger partial charge < -0.3 is 14.2 Å². The van der Waals surface area contributed by atoms with E-state index in [2.05, 4.69) is 10.3 Å². The summed E-state index contributed by atoms with van der Waals surface area (Å²) in [5.74, 6) is 0.0160. The molecule has 0 aliphatic heterocycles. The minimum atomic E-state index is 0.0160. The van der Waals surface area contributed by atoms with Gasteiger partial charge in [-0.05, 0) is 6.92 Å². The van der Waals surface area contributed by atoms with Crippen LogP contribution in [0.15, 0.2) is 6.20 Å². The summed E-state index contributed by atoms with van der Waals surface area (Å²) >= 11 is 0. The number of hydrogen-bond donors (Lipinski definition) is 0. The topological polar surface area (TPSA) is 75.5 Å². The van der Waals surface area contributed by atoms with Crippen LogP contribution in [0, 0.1) is 0 Å². The number of Topliss-reactive ketones (excluding diaryl/α,β-unsaturated/α-hetero) is 1. The first-order valence-electron chi connectivity index (χ1n) is 5.76. The van der Waals surface area contributed by atoms with Crippen molar-refractivity contribution in [3.8, 4) is 0 Å². The second-order valence-corrected chi connectivity index (χ2v) is 3.80. The van der Waals surface area contributed by atoms with Crippen molar-refractivity contribution < 1.29 is 19.0 Å². The molecule has 7 nitrogen and oxygen atoms in total. The van der Waals surface area contributed by atoms with Crippen LogP contribution in [-0.2, 0) is 32.7 Å². The molecule has 0 aromatic carbocycles. The van der Waals surface area contributed by atoms with E-state index >= 15 is 0 Å². The summed E-state index contributed by atoms with van der Waals surface area (Å²) < 4.78 is 17.3. The lowest BCUT2D eigenvalue weighted by molar-refractivity contribution is -0.122. The zero-order valence-corrected chi connectivity index (χ0v) is 10.8. The van der Waals surface area contributed by atoms with E-state index in [1.807, 2.05) is 0 Å². The second kappa shape index (κ2) is 8.73. The number of aromatic nitrogens is 3. The van der Waals surface area contributed by atoms with Crippen molar-refractivity contribution in [2.45, 2.75) is 13.5 Å². The van der Waals surface area contributed by atoms with Gasteiger partial charge in [0.1, 0.15) is 12.3 Å². The smallest absolute Gasteiger partial charge is 0.155 e. The highest BCUT2D eigenvalue weighted by Crippen LogP contribution is 1.94. The number of carbonyl (C=O) groups is 1. The van der Waals surface area contributed by atoms with Gasteiger partial charge in [0.25, 0.3) is 0 Å². The summed E-state index contributed by atoms with van der Waals surface area (Å²) in [6.07, 6.45) is 1.80. The first-order chi connectivity index (χ1) is 8.68. The Kier molecular flexibility index (Phi) is 7.16. The average Bonchev–Trinajstić information content (AvgIpc) is 2.72. The number of ketones is 1. The molecule has 0 radical (unpaired) electrons. The quantitative estimate of drug-likeness (QED) is 0.547. The van der Waals surface area contributed by atoms with E-state index in [1.165, 1.54) is 6.92 Å². The fourth-order valence-electron chi connectivity index (χ4n) is 1.19. The van der Waals surface area contributed by atoms with E-state index in [9.17, 15) is 4.79 Å². The first kappa shape index (κ1) is 14.7. The molecular weight excluding hydrogens is 238 g/mol. The molecule has 0 aliphatic carbocycles. The molecule has 0 aliphatic rings. The van der Waals surface area contributed by atoms with Crippen LogP contribution in [0.3, 0.4) is 0 Å². The normalized spacial score (nSPS) is 10.8. The lowest BCUT2D eigenvalue weighted by Gasteiger charge is -2.04. The third kappa shape index (κ3) is 7.10. The van der Waals surface area contributed by atoms with Gasteiger partial charge in [-0.1, -0.05) is 5.21 Å². The third-order valence-electron chi connectivity index (χ3n) is 1.95. The molecule has 0 saturated carbocycles. The first-order valence-corrected chi connectivity index (χ1v) is 5.76. The molecule has 0 bridgehead atoms. The van der Waals surface area contributed by atoms with E-state index in [4.69, 9.17) is 14.2 Å². The highest BCUT2D eigenvalue weighted by Gasteiger charge is 1.98. The van der Waals surface area contributed by atoms with E-state index in [-0.39, 0.29) is 12.4 Å². The van der Waals surface area contributed by atoms with Gasteiger partial charge in [0.05, 0.1) is 39.2 Å². The van der Waals surface area contributed by atoms with Gasteiger partial charge in [0.15, 0.2) is 5.78 Å². The van der Waals surface area contributed by atoms with Crippen molar-refractivity contribution in [3.63, 3.8) is 0 Å². The molecule has 102 valence electrons. The molecular formula is C11H19N3O4. The van der Waals surface area contributed by atoms with Crippen molar-refractivity contribution in [2.24, 2.45) is 7.05 Å². The summed E-state index contributed by atoms with van der Waals surface area (Å²) in [5, 5.41) is 7.68. The van der Waals surface area contributed by atoms with Crippen LogP contribution >= 0.6 is 0 Å². The average molecular weight is 257 g/mol. The van der Waals surface area contributed by atoms with Gasteiger partial charge in [-0.25, -0.2) is 0 Å². The number of ether oxygens (including phenoxy) is 3. The summed E-state index contributed by atoms with van der Waals surface area (Å²) in [7, 11) is 1.81. The zero-order valence-electron chi connectivity index (χ0n) is 10.8. The summed E-state index contributed by atoms with van der Waals surface area (Å²) in [6, 6.07) is 0. The lowest BCUT2D eigenvalue weighted by Crippen LogP contribution is -2.12. The molecule has 0 spiro atoms. The Hall–Kier alpha value is -1.31. The maximum Gasteiger partial charge on any atom is 0.155 e. The molecule has 0 saturated heterocycles. The van der Waals surface area contributed by atoms with Crippen molar-refractivity contribution in [3.05, 3.63) is 11.9 Å². The van der Waals surface area contributed by atoms with Crippen LogP contribution in [-0.4, -0.2) is 53.8 Å². The van der Waals surface area contributed by atoms with Gasteiger partial charge in [0.2, 0.25) is 0 Å². The van der Waals surface area contributed by atoms with Crippen LogP contribution in [0.5, 0.6) is 0 Å². The van der Waals surface area contributed by atoms with Gasteiger partial charge in [-0.3, -0.25) is 9.48 Å². The van der Waals surface area contributed by atoms with Crippen LogP contribution in [0.2, 0.25) is 0 Å². The van der Waals surface area contributed by atoms with E-state index in [0.29, 0.717) is 33.0 Å². The van der Waals surface area contributed by atoms with Gasteiger partial charge in [0, 0.05) is 7.05 Å². The Labute approximate surface area is 106 Å². The molecule has 1 heterocycles. The predicted octanol–water partition coefficient (Wildman–Crippen LogP) is -0.0461. The minimum absolute atomic E-state index is 0.0160. The molecule has 7 heteroatoms. The maximum atomic E-state index is 10.6. The number of nitrogens with zero attached hydrogens (tertiary/aromatic N) is 3. The van der Waals surface area contributed by atoms with Crippen LogP contribution < -0.4 is 0 Å². The van der Waals surface area contributed by atoms with Crippen LogP contribution in [0.4, 0.5) is 0 Å². The molecule has 0 atom stereocenters. The Morgan fingerprint density at radius 2 is 1.89 bits per heavy atom. The highest BCUT2D eigenvalue weighted by molar-refractivity contribution is 5.76. The molecule has 0 N–H and O–H groups in total. The fraction of sp³-hybridized carbons (Fsp3) is 0.727. The Morgan fingerprint density at radius 3 is 2.50 bits per heavy atom. The number of aryl methyl sites for hydroxylation is 1. The fourth-order valence-corrected chi connectivity index (χ4v) is 1.19. The predicted molar refractivity (Wildman–Crippen MR) is 63.0 cm³/mol.